The Morgan fingerprint density at radius 3 is 2.47 bits per heavy atom. The minimum Gasteiger partial charge on any atom is -0.494 e. The van der Waals surface area contributed by atoms with E-state index in [2.05, 4.69) is 18.7 Å². The number of aromatic nitrogens is 1. The number of likely N-dealkylation sites (N-methyl/N-ethyl adjacent to an activating group) is 1. The summed E-state index contributed by atoms with van der Waals surface area (Å²) in [6, 6.07) is 9.70. The van der Waals surface area contributed by atoms with Gasteiger partial charge in [0.1, 0.15) is 17.1 Å². The van der Waals surface area contributed by atoms with Crippen LogP contribution in [0.5, 0.6) is 5.75 Å². The molecule has 0 aliphatic carbocycles. The van der Waals surface area contributed by atoms with Crippen molar-refractivity contribution in [3.8, 4) is 5.75 Å². The van der Waals surface area contributed by atoms with Gasteiger partial charge in [0.15, 0.2) is 5.13 Å². The van der Waals surface area contributed by atoms with Crippen LogP contribution in [-0.2, 0) is 4.79 Å². The van der Waals surface area contributed by atoms with Crippen LogP contribution >= 0.6 is 47.1 Å². The van der Waals surface area contributed by atoms with E-state index >= 15 is 0 Å². The topological polar surface area (TPSA) is 45.7 Å². The molecular formula is C22H26Cl2FN3O2S2. The van der Waals surface area contributed by atoms with Crippen molar-refractivity contribution in [2.24, 2.45) is 0 Å². The number of halogens is 3. The third-order valence-electron chi connectivity index (χ3n) is 4.91. The van der Waals surface area contributed by atoms with Crippen LogP contribution in [0.15, 0.2) is 41.3 Å². The molecule has 0 fully saturated rings. The number of anilines is 1. The predicted molar refractivity (Wildman–Crippen MR) is 136 cm³/mol. The first-order valence-corrected chi connectivity index (χ1v) is 12.2. The van der Waals surface area contributed by atoms with Crippen LogP contribution < -0.4 is 9.64 Å². The lowest BCUT2D eigenvalue weighted by Gasteiger charge is -2.24. The number of benzene rings is 2. The summed E-state index contributed by atoms with van der Waals surface area (Å²) in [5.74, 6) is 0.496. The second-order valence-electron chi connectivity index (χ2n) is 6.74. The van der Waals surface area contributed by atoms with Crippen LogP contribution in [0.2, 0.25) is 5.02 Å². The monoisotopic (exact) mass is 517 g/mol. The van der Waals surface area contributed by atoms with Gasteiger partial charge in [-0.1, -0.05) is 36.8 Å². The van der Waals surface area contributed by atoms with Gasteiger partial charge in [0.2, 0.25) is 5.91 Å². The van der Waals surface area contributed by atoms with Gasteiger partial charge >= 0.3 is 0 Å². The number of hydrogen-bond acceptors (Lipinski definition) is 6. The van der Waals surface area contributed by atoms with Crippen LogP contribution in [0.1, 0.15) is 13.8 Å². The fourth-order valence-electron chi connectivity index (χ4n) is 3.08. The van der Waals surface area contributed by atoms with Crippen LogP contribution in [0, 0.1) is 5.82 Å². The lowest BCUT2D eigenvalue weighted by Crippen LogP contribution is -2.39. The first-order chi connectivity index (χ1) is 15.0. The average molecular weight is 519 g/mol. The van der Waals surface area contributed by atoms with Gasteiger partial charge < -0.3 is 9.64 Å². The molecular weight excluding hydrogens is 492 g/mol. The van der Waals surface area contributed by atoms with Gasteiger partial charge in [-0.15, -0.1) is 24.2 Å². The van der Waals surface area contributed by atoms with Crippen LogP contribution in [0.4, 0.5) is 9.52 Å². The van der Waals surface area contributed by atoms with Gasteiger partial charge in [0, 0.05) is 18.0 Å². The molecule has 1 amide bonds. The van der Waals surface area contributed by atoms with E-state index in [9.17, 15) is 9.18 Å². The van der Waals surface area contributed by atoms with Crippen molar-refractivity contribution < 1.29 is 13.9 Å². The Kier molecular flexibility index (Phi) is 10.5. The normalized spacial score (nSPS) is 10.9. The zero-order valence-electron chi connectivity index (χ0n) is 18.1. The summed E-state index contributed by atoms with van der Waals surface area (Å²) in [4.78, 5) is 22.7. The first kappa shape index (κ1) is 26.7. The SMILES string of the molecule is CCN(CC)CCN(C(=O)CSc1ccc(F)cc1)c1nc2c(OC)ccc(Cl)c2s1.Cl. The quantitative estimate of drug-likeness (QED) is 0.309. The molecule has 174 valence electrons. The maximum absolute atomic E-state index is 13.2. The molecule has 0 saturated heterocycles. The highest BCUT2D eigenvalue weighted by molar-refractivity contribution is 8.00. The predicted octanol–water partition coefficient (Wildman–Crippen LogP) is 5.99. The number of methoxy groups -OCH3 is 1. The van der Waals surface area contributed by atoms with Gasteiger partial charge in [0.05, 0.1) is 22.6 Å². The molecule has 2 aromatic carbocycles. The minimum absolute atomic E-state index is 0. The molecule has 0 atom stereocenters. The number of rotatable bonds is 10. The lowest BCUT2D eigenvalue weighted by molar-refractivity contribution is -0.116. The molecule has 32 heavy (non-hydrogen) atoms. The lowest BCUT2D eigenvalue weighted by atomic mass is 10.3. The van der Waals surface area contributed by atoms with Gasteiger partial charge in [-0.2, -0.15) is 0 Å². The van der Waals surface area contributed by atoms with E-state index < -0.39 is 0 Å². The summed E-state index contributed by atoms with van der Waals surface area (Å²) in [7, 11) is 1.59. The number of nitrogens with zero attached hydrogens (tertiary/aromatic N) is 3. The third-order valence-corrected chi connectivity index (χ3v) is 7.44. The third kappa shape index (κ3) is 6.48. The molecule has 0 saturated carbocycles. The fraction of sp³-hybridized carbons (Fsp3) is 0.364. The molecule has 0 aliphatic heterocycles. The van der Waals surface area contributed by atoms with E-state index in [0.29, 0.717) is 28.0 Å². The van der Waals surface area contributed by atoms with E-state index in [-0.39, 0.29) is 29.9 Å². The van der Waals surface area contributed by atoms with E-state index in [1.807, 2.05) is 0 Å². The molecule has 10 heteroatoms. The Morgan fingerprint density at radius 1 is 1.16 bits per heavy atom. The number of hydrogen-bond donors (Lipinski definition) is 0. The van der Waals surface area contributed by atoms with Gasteiger partial charge in [-0.05, 0) is 49.5 Å². The van der Waals surface area contributed by atoms with E-state index in [4.69, 9.17) is 21.3 Å². The van der Waals surface area contributed by atoms with Gasteiger partial charge in [-0.3, -0.25) is 9.69 Å². The zero-order valence-corrected chi connectivity index (χ0v) is 21.3. The summed E-state index contributed by atoms with van der Waals surface area (Å²) in [5, 5.41) is 1.18. The Morgan fingerprint density at radius 2 is 1.84 bits per heavy atom. The maximum atomic E-state index is 13.2. The number of ether oxygens (including phenoxy) is 1. The molecule has 3 aromatic rings. The average Bonchev–Trinajstić information content (AvgIpc) is 3.22. The highest BCUT2D eigenvalue weighted by atomic mass is 35.5. The van der Waals surface area contributed by atoms with Crippen molar-refractivity contribution in [1.29, 1.82) is 0 Å². The maximum Gasteiger partial charge on any atom is 0.239 e. The summed E-state index contributed by atoms with van der Waals surface area (Å²) in [6.45, 7) is 7.26. The Labute approximate surface area is 207 Å². The summed E-state index contributed by atoms with van der Waals surface area (Å²) < 4.78 is 19.4. The largest absolute Gasteiger partial charge is 0.494 e. The molecule has 0 spiro atoms. The molecule has 1 heterocycles. The second kappa shape index (κ2) is 12.6. The molecule has 0 radical (unpaired) electrons. The molecule has 5 nitrogen and oxygen atoms in total. The van der Waals surface area contributed by atoms with E-state index in [0.717, 1.165) is 29.2 Å². The second-order valence-corrected chi connectivity index (χ2v) is 9.17. The van der Waals surface area contributed by atoms with Crippen LogP contribution in [0.3, 0.4) is 0 Å². The van der Waals surface area contributed by atoms with Crippen molar-refractivity contribution in [2.45, 2.75) is 18.7 Å². The molecule has 1 aromatic heterocycles. The molecule has 0 bridgehead atoms. The Bertz CT molecular complexity index is 1030. The Balaban J connectivity index is 0.00000363. The highest BCUT2D eigenvalue weighted by Gasteiger charge is 2.22. The number of thiazole rings is 1. The number of fused-ring (bicyclic) bond motifs is 1. The van der Waals surface area contributed by atoms with Crippen molar-refractivity contribution in [1.82, 2.24) is 9.88 Å². The number of thioether (sulfide) groups is 1. The summed E-state index contributed by atoms with van der Waals surface area (Å²) in [5.41, 5.74) is 0.654. The standard InChI is InChI=1S/C22H25ClFN3O2S2.ClH/c1-4-26(5-2)12-13-27(19(28)14-30-16-8-6-15(24)7-9-16)22-25-20-18(29-3)11-10-17(23)21(20)31-22;/h6-11H,4-5,12-14H2,1-3H3;1H. The van der Waals surface area contributed by atoms with Gasteiger partial charge in [-0.25, -0.2) is 9.37 Å². The number of carbonyl (C=O) groups excluding carboxylic acids is 1. The molecule has 0 unspecified atom stereocenters. The smallest absolute Gasteiger partial charge is 0.239 e. The van der Waals surface area contributed by atoms with Crippen molar-refractivity contribution in [3.63, 3.8) is 0 Å². The molecule has 0 aliphatic rings. The van der Waals surface area contributed by atoms with Gasteiger partial charge in [0.25, 0.3) is 0 Å². The first-order valence-electron chi connectivity index (χ1n) is 10.0. The number of carbonyl (C=O) groups is 1. The van der Waals surface area contributed by atoms with Crippen LogP contribution in [-0.4, -0.2) is 54.8 Å². The van der Waals surface area contributed by atoms with Crippen molar-refractivity contribution in [2.75, 3.05) is 43.9 Å². The van der Waals surface area contributed by atoms with E-state index in [1.54, 1.807) is 36.3 Å². The summed E-state index contributed by atoms with van der Waals surface area (Å²) in [6.07, 6.45) is 0. The molecule has 3 rings (SSSR count). The fourth-order valence-corrected chi connectivity index (χ4v) is 5.16. The summed E-state index contributed by atoms with van der Waals surface area (Å²) >= 11 is 9.14. The Hall–Kier alpha value is -1.58. The van der Waals surface area contributed by atoms with Crippen LogP contribution in [0.25, 0.3) is 10.2 Å². The van der Waals surface area contributed by atoms with Crippen molar-refractivity contribution >= 4 is 68.4 Å². The van der Waals surface area contributed by atoms with Crippen molar-refractivity contribution in [3.05, 3.63) is 47.2 Å². The molecule has 0 N–H and O–H groups in total. The highest BCUT2D eigenvalue weighted by Crippen LogP contribution is 2.39. The minimum atomic E-state index is -0.295. The zero-order chi connectivity index (χ0) is 22.4. The van der Waals surface area contributed by atoms with E-state index in [1.165, 1.54) is 35.2 Å². The number of amides is 1.